The molecular weight excluding hydrogens is 416 g/mol. The van der Waals surface area contributed by atoms with Gasteiger partial charge in [0.2, 0.25) is 11.0 Å². The number of anilines is 1. The van der Waals surface area contributed by atoms with Crippen LogP contribution in [-0.4, -0.2) is 42.0 Å². The quantitative estimate of drug-likeness (QED) is 0.509. The van der Waals surface area contributed by atoms with E-state index in [0.29, 0.717) is 28.9 Å². The van der Waals surface area contributed by atoms with E-state index in [1.54, 1.807) is 32.2 Å². The number of rotatable bonds is 5. The molecule has 1 atom stereocenters. The molecule has 158 valence electrons. The number of methoxy groups -OCH3 is 3. The molecular formula is C22H20N4O4S. The van der Waals surface area contributed by atoms with Crippen molar-refractivity contribution in [2.75, 3.05) is 26.6 Å². The monoisotopic (exact) mass is 436 g/mol. The average molecular weight is 436 g/mol. The zero-order chi connectivity index (χ0) is 21.5. The maximum absolute atomic E-state index is 12.6. The van der Waals surface area contributed by atoms with Crippen molar-refractivity contribution in [2.24, 2.45) is 0 Å². The van der Waals surface area contributed by atoms with Crippen molar-refractivity contribution in [3.05, 3.63) is 53.7 Å². The van der Waals surface area contributed by atoms with Gasteiger partial charge in [0.05, 0.1) is 37.7 Å². The van der Waals surface area contributed by atoms with Crippen LogP contribution in [0.1, 0.15) is 23.5 Å². The van der Waals surface area contributed by atoms with E-state index in [4.69, 9.17) is 14.2 Å². The molecule has 0 fully saturated rings. The SMILES string of the molecule is COc1ccc([C@@H]2CC(=O)Nc3c2cnn3-c2nc3ccc(OC)cc3s2)c(OC)c1. The van der Waals surface area contributed by atoms with Crippen molar-refractivity contribution in [1.29, 1.82) is 0 Å². The standard InChI is InChI=1S/C22H20N4O4S/c1-28-12-4-6-14(18(8-12)30-3)15-10-20(27)25-21-16(15)11-23-26(21)22-24-17-7-5-13(29-2)9-19(17)31-22/h4-9,11,15H,10H2,1-3H3,(H,25,27)/t15-/m0/s1. The third-order valence-electron chi connectivity index (χ3n) is 5.40. The van der Waals surface area contributed by atoms with E-state index in [-0.39, 0.29) is 11.8 Å². The minimum atomic E-state index is -0.187. The second-order valence-electron chi connectivity index (χ2n) is 7.10. The third-order valence-corrected chi connectivity index (χ3v) is 6.40. The molecule has 0 radical (unpaired) electrons. The van der Waals surface area contributed by atoms with Crippen LogP contribution >= 0.6 is 11.3 Å². The van der Waals surface area contributed by atoms with E-state index >= 15 is 0 Å². The second kappa shape index (κ2) is 7.59. The number of ether oxygens (including phenoxy) is 3. The Hall–Kier alpha value is -3.59. The molecule has 0 unspecified atom stereocenters. The second-order valence-corrected chi connectivity index (χ2v) is 8.11. The van der Waals surface area contributed by atoms with Crippen LogP contribution in [0.15, 0.2) is 42.6 Å². The molecule has 8 nitrogen and oxygen atoms in total. The molecule has 9 heteroatoms. The first-order valence-corrected chi connectivity index (χ1v) is 10.5. The van der Waals surface area contributed by atoms with Gasteiger partial charge in [-0.1, -0.05) is 17.4 Å². The Bertz CT molecular complexity index is 1300. The summed E-state index contributed by atoms with van der Waals surface area (Å²) in [5.74, 6) is 2.49. The summed E-state index contributed by atoms with van der Waals surface area (Å²) in [4.78, 5) is 17.3. The lowest BCUT2D eigenvalue weighted by Gasteiger charge is -2.25. The van der Waals surface area contributed by atoms with E-state index in [0.717, 1.165) is 27.1 Å². The van der Waals surface area contributed by atoms with Crippen LogP contribution in [0.25, 0.3) is 15.3 Å². The van der Waals surface area contributed by atoms with E-state index < -0.39 is 0 Å². The molecule has 3 heterocycles. The van der Waals surface area contributed by atoms with Crippen molar-refractivity contribution in [2.45, 2.75) is 12.3 Å². The fourth-order valence-corrected chi connectivity index (χ4v) is 4.82. The largest absolute Gasteiger partial charge is 0.497 e. The Kier molecular flexibility index (Phi) is 4.74. The van der Waals surface area contributed by atoms with Crippen LogP contribution in [0.4, 0.5) is 5.82 Å². The van der Waals surface area contributed by atoms with Gasteiger partial charge in [-0.25, -0.2) is 4.98 Å². The van der Waals surface area contributed by atoms with Gasteiger partial charge in [0.25, 0.3) is 0 Å². The Balaban J connectivity index is 1.60. The summed E-state index contributed by atoms with van der Waals surface area (Å²) >= 11 is 1.49. The van der Waals surface area contributed by atoms with Crippen molar-refractivity contribution < 1.29 is 19.0 Å². The lowest BCUT2D eigenvalue weighted by molar-refractivity contribution is -0.116. The first-order valence-electron chi connectivity index (χ1n) is 9.66. The van der Waals surface area contributed by atoms with Crippen molar-refractivity contribution in [1.82, 2.24) is 14.8 Å². The maximum Gasteiger partial charge on any atom is 0.226 e. The number of nitrogens with zero attached hydrogens (tertiary/aromatic N) is 3. The lowest BCUT2D eigenvalue weighted by Crippen LogP contribution is -2.24. The van der Waals surface area contributed by atoms with Gasteiger partial charge in [0.1, 0.15) is 23.1 Å². The fraction of sp³-hybridized carbons (Fsp3) is 0.227. The number of hydrogen-bond acceptors (Lipinski definition) is 7. The van der Waals surface area contributed by atoms with Gasteiger partial charge in [-0.15, -0.1) is 0 Å². The van der Waals surface area contributed by atoms with Crippen LogP contribution in [0.3, 0.4) is 0 Å². The normalized spacial score (nSPS) is 15.5. The van der Waals surface area contributed by atoms with Crippen LogP contribution in [0, 0.1) is 0 Å². The number of aromatic nitrogens is 3. The van der Waals surface area contributed by atoms with E-state index in [1.165, 1.54) is 11.3 Å². The minimum Gasteiger partial charge on any atom is -0.497 e. The molecule has 1 aliphatic heterocycles. The first-order chi connectivity index (χ1) is 15.1. The van der Waals surface area contributed by atoms with Crippen LogP contribution in [0.5, 0.6) is 17.2 Å². The Labute approximate surface area is 182 Å². The molecule has 0 saturated carbocycles. The van der Waals surface area contributed by atoms with Gasteiger partial charge in [-0.05, 0) is 24.3 Å². The molecule has 5 rings (SSSR count). The molecule has 4 aromatic rings. The zero-order valence-electron chi connectivity index (χ0n) is 17.2. The summed E-state index contributed by atoms with van der Waals surface area (Å²) in [6.07, 6.45) is 2.09. The van der Waals surface area contributed by atoms with Gasteiger partial charge in [0, 0.05) is 29.5 Å². The summed E-state index contributed by atoms with van der Waals surface area (Å²) in [7, 11) is 4.86. The molecule has 0 spiro atoms. The molecule has 2 aromatic carbocycles. The van der Waals surface area contributed by atoms with Gasteiger partial charge >= 0.3 is 0 Å². The van der Waals surface area contributed by atoms with Crippen LogP contribution in [0.2, 0.25) is 0 Å². The fourth-order valence-electron chi connectivity index (χ4n) is 3.86. The molecule has 1 N–H and O–H groups in total. The van der Waals surface area contributed by atoms with Crippen LogP contribution < -0.4 is 19.5 Å². The smallest absolute Gasteiger partial charge is 0.226 e. The number of amides is 1. The predicted molar refractivity (Wildman–Crippen MR) is 118 cm³/mol. The Morgan fingerprint density at radius 2 is 1.81 bits per heavy atom. The Morgan fingerprint density at radius 3 is 2.58 bits per heavy atom. The maximum atomic E-state index is 12.6. The highest BCUT2D eigenvalue weighted by Gasteiger charge is 2.32. The van der Waals surface area contributed by atoms with Crippen LogP contribution in [-0.2, 0) is 4.79 Å². The van der Waals surface area contributed by atoms with Crippen molar-refractivity contribution in [3.63, 3.8) is 0 Å². The highest BCUT2D eigenvalue weighted by atomic mass is 32.1. The highest BCUT2D eigenvalue weighted by molar-refractivity contribution is 7.20. The molecule has 0 bridgehead atoms. The lowest BCUT2D eigenvalue weighted by atomic mass is 9.86. The number of carbonyl (C=O) groups is 1. The van der Waals surface area contributed by atoms with E-state index in [9.17, 15) is 4.79 Å². The van der Waals surface area contributed by atoms with Gasteiger partial charge in [0.15, 0.2) is 0 Å². The number of benzene rings is 2. The van der Waals surface area contributed by atoms with Gasteiger partial charge < -0.3 is 19.5 Å². The zero-order valence-corrected chi connectivity index (χ0v) is 18.0. The summed E-state index contributed by atoms with van der Waals surface area (Å²) in [5.41, 5.74) is 2.67. The minimum absolute atomic E-state index is 0.0834. The summed E-state index contributed by atoms with van der Waals surface area (Å²) in [6.45, 7) is 0. The molecule has 1 aliphatic rings. The molecule has 31 heavy (non-hydrogen) atoms. The van der Waals surface area contributed by atoms with E-state index in [2.05, 4.69) is 15.4 Å². The van der Waals surface area contributed by atoms with Gasteiger partial charge in [-0.3, -0.25) is 4.79 Å². The number of nitrogens with one attached hydrogen (secondary N) is 1. The number of carbonyl (C=O) groups excluding carboxylic acids is 1. The molecule has 0 aliphatic carbocycles. The number of hydrogen-bond donors (Lipinski definition) is 1. The summed E-state index contributed by atoms with van der Waals surface area (Å²) in [5, 5.41) is 8.20. The average Bonchev–Trinajstić information content (AvgIpc) is 3.41. The van der Waals surface area contributed by atoms with Gasteiger partial charge in [-0.2, -0.15) is 9.78 Å². The predicted octanol–water partition coefficient (Wildman–Crippen LogP) is 3.98. The number of fused-ring (bicyclic) bond motifs is 2. The van der Waals surface area contributed by atoms with Crippen molar-refractivity contribution >= 4 is 33.3 Å². The number of thiazole rings is 1. The Morgan fingerprint density at radius 1 is 1.03 bits per heavy atom. The molecule has 1 amide bonds. The molecule has 2 aromatic heterocycles. The third kappa shape index (κ3) is 3.27. The summed E-state index contributed by atoms with van der Waals surface area (Å²) in [6, 6.07) is 11.4. The van der Waals surface area contributed by atoms with Crippen molar-refractivity contribution in [3.8, 4) is 22.4 Å². The topological polar surface area (TPSA) is 87.5 Å². The molecule has 0 saturated heterocycles. The highest BCUT2D eigenvalue weighted by Crippen LogP contribution is 2.43. The first kappa shape index (κ1) is 19.4. The summed E-state index contributed by atoms with van der Waals surface area (Å²) < 4.78 is 18.9. The van der Waals surface area contributed by atoms with E-state index in [1.807, 2.05) is 36.4 Å².